The van der Waals surface area contributed by atoms with Crippen LogP contribution in [0.3, 0.4) is 0 Å². The van der Waals surface area contributed by atoms with Crippen molar-refractivity contribution >= 4 is 11.6 Å². The molecule has 0 spiro atoms. The third-order valence-corrected chi connectivity index (χ3v) is 3.91. The maximum atomic E-state index is 12.6. The van der Waals surface area contributed by atoms with Crippen LogP contribution in [0.15, 0.2) is 48.5 Å². The highest BCUT2D eigenvalue weighted by Crippen LogP contribution is 2.24. The summed E-state index contributed by atoms with van der Waals surface area (Å²) < 4.78 is 5.57. The number of rotatable bonds is 3. The molecule has 0 saturated heterocycles. The van der Waals surface area contributed by atoms with Gasteiger partial charge in [-0.1, -0.05) is 36.1 Å². The quantitative estimate of drug-likeness (QED) is 0.882. The minimum Gasteiger partial charge on any atom is -0.493 e. The van der Waals surface area contributed by atoms with Gasteiger partial charge >= 0.3 is 0 Å². The Morgan fingerprint density at radius 3 is 2.75 bits per heavy atom. The highest BCUT2D eigenvalue weighted by atomic mass is 16.5. The summed E-state index contributed by atoms with van der Waals surface area (Å²) in [4.78, 5) is 14.4. The second-order valence-corrected chi connectivity index (χ2v) is 5.53. The Hall–Kier alpha value is -2.93. The molecule has 4 heteroatoms. The number of nitrogens with zero attached hydrogens (tertiary/aromatic N) is 1. The van der Waals surface area contributed by atoms with E-state index in [9.17, 15) is 4.79 Å². The lowest BCUT2D eigenvalue weighted by Gasteiger charge is -2.34. The van der Waals surface area contributed by atoms with Crippen molar-refractivity contribution in [2.24, 2.45) is 0 Å². The predicted molar refractivity (Wildman–Crippen MR) is 95.1 cm³/mol. The number of para-hydroxylation sites is 2. The molecule has 1 aliphatic heterocycles. The molecule has 122 valence electrons. The van der Waals surface area contributed by atoms with Gasteiger partial charge in [-0.3, -0.25) is 4.79 Å². The van der Waals surface area contributed by atoms with Gasteiger partial charge in [0.05, 0.1) is 30.4 Å². The van der Waals surface area contributed by atoms with Crippen molar-refractivity contribution < 1.29 is 9.53 Å². The van der Waals surface area contributed by atoms with E-state index in [2.05, 4.69) is 17.2 Å². The van der Waals surface area contributed by atoms with Crippen LogP contribution in [0, 0.1) is 11.8 Å². The Morgan fingerprint density at radius 2 is 1.92 bits per heavy atom. The van der Waals surface area contributed by atoms with E-state index in [-0.39, 0.29) is 12.1 Å². The molecule has 0 bridgehead atoms. The van der Waals surface area contributed by atoms with Gasteiger partial charge in [0.1, 0.15) is 5.75 Å². The smallest absolute Gasteiger partial charge is 0.258 e. The molecule has 0 fully saturated rings. The van der Waals surface area contributed by atoms with Gasteiger partial charge in [-0.05, 0) is 38.1 Å². The number of amides is 1. The van der Waals surface area contributed by atoms with E-state index < -0.39 is 0 Å². The van der Waals surface area contributed by atoms with Crippen molar-refractivity contribution in [3.05, 3.63) is 59.7 Å². The number of nitrogens with one attached hydrogen (secondary N) is 1. The van der Waals surface area contributed by atoms with Gasteiger partial charge in [-0.2, -0.15) is 0 Å². The van der Waals surface area contributed by atoms with E-state index >= 15 is 0 Å². The average Bonchev–Trinajstić information content (AvgIpc) is 2.59. The first kappa shape index (κ1) is 15.9. The summed E-state index contributed by atoms with van der Waals surface area (Å²) in [6, 6.07) is 15.2. The molecule has 2 aromatic carbocycles. The summed E-state index contributed by atoms with van der Waals surface area (Å²) in [6.07, 6.45) is -0.0937. The molecule has 3 rings (SSSR count). The van der Waals surface area contributed by atoms with Gasteiger partial charge in [-0.25, -0.2) is 0 Å². The van der Waals surface area contributed by atoms with Gasteiger partial charge in [0.15, 0.2) is 0 Å². The molecule has 1 amide bonds. The van der Waals surface area contributed by atoms with E-state index in [0.717, 1.165) is 17.0 Å². The molecular weight excluding hydrogens is 300 g/mol. The van der Waals surface area contributed by atoms with Crippen LogP contribution in [-0.4, -0.2) is 30.1 Å². The Labute approximate surface area is 142 Å². The molecule has 2 aromatic rings. The summed E-state index contributed by atoms with van der Waals surface area (Å²) in [6.45, 7) is 4.87. The van der Waals surface area contributed by atoms with Gasteiger partial charge in [0, 0.05) is 5.69 Å². The van der Waals surface area contributed by atoms with Crippen molar-refractivity contribution in [2.75, 3.05) is 18.5 Å². The zero-order chi connectivity index (χ0) is 16.9. The van der Waals surface area contributed by atoms with E-state index in [1.54, 1.807) is 4.90 Å². The first-order valence-electron chi connectivity index (χ1n) is 8.08. The van der Waals surface area contributed by atoms with E-state index in [0.29, 0.717) is 18.7 Å². The van der Waals surface area contributed by atoms with Crippen LogP contribution in [0.1, 0.15) is 29.8 Å². The van der Waals surface area contributed by atoms with Crippen molar-refractivity contribution in [2.45, 2.75) is 20.0 Å². The Balaban J connectivity index is 1.78. The number of fused-ring (bicyclic) bond motifs is 1. The number of hydrogen-bond acceptors (Lipinski definition) is 3. The lowest BCUT2D eigenvalue weighted by Crippen LogP contribution is -2.47. The van der Waals surface area contributed by atoms with E-state index in [1.807, 2.05) is 62.4 Å². The molecule has 0 saturated carbocycles. The monoisotopic (exact) mass is 320 g/mol. The first-order chi connectivity index (χ1) is 11.7. The maximum Gasteiger partial charge on any atom is 0.258 e. The first-order valence-corrected chi connectivity index (χ1v) is 8.08. The Morgan fingerprint density at radius 1 is 1.17 bits per heavy atom. The fourth-order valence-electron chi connectivity index (χ4n) is 2.71. The van der Waals surface area contributed by atoms with Crippen LogP contribution in [0.4, 0.5) is 5.69 Å². The van der Waals surface area contributed by atoms with Crippen LogP contribution >= 0.6 is 0 Å². The molecule has 0 aromatic heterocycles. The van der Waals surface area contributed by atoms with Crippen molar-refractivity contribution in [3.63, 3.8) is 0 Å². The van der Waals surface area contributed by atoms with Gasteiger partial charge in [0.2, 0.25) is 0 Å². The zero-order valence-electron chi connectivity index (χ0n) is 13.9. The summed E-state index contributed by atoms with van der Waals surface area (Å²) >= 11 is 0. The lowest BCUT2D eigenvalue weighted by molar-refractivity contribution is 0.0725. The largest absolute Gasteiger partial charge is 0.493 e. The Kier molecular flexibility index (Phi) is 4.72. The third kappa shape index (κ3) is 3.21. The lowest BCUT2D eigenvalue weighted by atomic mass is 10.1. The molecule has 1 atom stereocenters. The number of benzene rings is 2. The molecular formula is C20H20N2O2. The third-order valence-electron chi connectivity index (χ3n) is 3.91. The highest BCUT2D eigenvalue weighted by Gasteiger charge is 2.28. The minimum atomic E-state index is -0.0937. The topological polar surface area (TPSA) is 41.6 Å². The van der Waals surface area contributed by atoms with Gasteiger partial charge in [0.25, 0.3) is 5.91 Å². The SMILES string of the molecule is CCOc1ccccc1C#CCN1C(=O)c2ccccc2NC1C. The number of ether oxygens (including phenoxy) is 1. The van der Waals surface area contributed by atoms with E-state index in [1.165, 1.54) is 0 Å². The molecule has 1 heterocycles. The van der Waals surface area contributed by atoms with Gasteiger partial charge < -0.3 is 15.0 Å². The molecule has 1 unspecified atom stereocenters. The van der Waals surface area contributed by atoms with Crippen LogP contribution in [0.25, 0.3) is 0 Å². The van der Waals surface area contributed by atoms with Crippen LogP contribution in [-0.2, 0) is 0 Å². The summed E-state index contributed by atoms with van der Waals surface area (Å²) in [5.74, 6) is 6.99. The van der Waals surface area contributed by atoms with Gasteiger partial charge in [-0.15, -0.1) is 0 Å². The molecule has 0 aliphatic carbocycles. The maximum absolute atomic E-state index is 12.6. The normalized spacial score (nSPS) is 15.8. The number of hydrogen-bond donors (Lipinski definition) is 1. The number of carbonyl (C=O) groups excluding carboxylic acids is 1. The number of anilines is 1. The number of carbonyl (C=O) groups is 1. The Bertz CT molecular complexity index is 805. The van der Waals surface area contributed by atoms with Crippen LogP contribution in [0.5, 0.6) is 5.75 Å². The minimum absolute atomic E-state index is 0.00393. The summed E-state index contributed by atoms with van der Waals surface area (Å²) in [7, 11) is 0. The zero-order valence-corrected chi connectivity index (χ0v) is 13.9. The van der Waals surface area contributed by atoms with Crippen molar-refractivity contribution in [1.82, 2.24) is 4.90 Å². The second kappa shape index (κ2) is 7.10. The standard InChI is InChI=1S/C20H20N2O2/c1-3-24-19-13-7-4-9-16(19)10-8-14-22-15(2)21-18-12-6-5-11-17(18)20(22)23/h4-7,9,11-13,15,21H,3,14H2,1-2H3. The predicted octanol–water partition coefficient (Wildman–Crippen LogP) is 3.35. The van der Waals surface area contributed by atoms with Crippen molar-refractivity contribution in [1.29, 1.82) is 0 Å². The van der Waals surface area contributed by atoms with Crippen molar-refractivity contribution in [3.8, 4) is 17.6 Å². The van der Waals surface area contributed by atoms with Crippen LogP contribution < -0.4 is 10.1 Å². The molecule has 1 N–H and O–H groups in total. The average molecular weight is 320 g/mol. The summed E-state index contributed by atoms with van der Waals surface area (Å²) in [5.41, 5.74) is 2.40. The molecule has 1 aliphatic rings. The highest BCUT2D eigenvalue weighted by molar-refractivity contribution is 6.01. The van der Waals surface area contributed by atoms with Crippen LogP contribution in [0.2, 0.25) is 0 Å². The van der Waals surface area contributed by atoms with E-state index in [4.69, 9.17) is 4.74 Å². The molecule has 24 heavy (non-hydrogen) atoms. The summed E-state index contributed by atoms with van der Waals surface area (Å²) in [5, 5.41) is 3.33. The fraction of sp³-hybridized carbons (Fsp3) is 0.250. The molecule has 4 nitrogen and oxygen atoms in total. The molecule has 0 radical (unpaired) electrons. The second-order valence-electron chi connectivity index (χ2n) is 5.53. The fourth-order valence-corrected chi connectivity index (χ4v) is 2.71.